The maximum atomic E-state index is 13.1. The van der Waals surface area contributed by atoms with Gasteiger partial charge in [-0.1, -0.05) is 6.07 Å². The minimum Gasteiger partial charge on any atom is -0.497 e. The molecule has 0 saturated carbocycles. The van der Waals surface area contributed by atoms with Crippen molar-refractivity contribution in [2.75, 3.05) is 40.5 Å². The number of carbonyl (C=O) groups excluding carboxylic acids is 1. The fraction of sp³-hybridized carbons (Fsp3) is 0.409. The van der Waals surface area contributed by atoms with E-state index in [0.29, 0.717) is 43.4 Å². The van der Waals surface area contributed by atoms with Gasteiger partial charge in [0.25, 0.3) is 5.91 Å². The van der Waals surface area contributed by atoms with E-state index in [1.165, 1.54) is 10.4 Å². The van der Waals surface area contributed by atoms with E-state index < -0.39 is 16.1 Å². The predicted molar refractivity (Wildman–Crippen MR) is 116 cm³/mol. The average molecular weight is 449 g/mol. The van der Waals surface area contributed by atoms with Gasteiger partial charge in [-0.25, -0.2) is 8.42 Å². The molecule has 1 N–H and O–H groups in total. The minimum absolute atomic E-state index is 0.133. The fourth-order valence-electron chi connectivity index (χ4n) is 3.48. The fourth-order valence-corrected chi connectivity index (χ4v) is 5.14. The molecule has 2 aromatic carbocycles. The van der Waals surface area contributed by atoms with Crippen molar-refractivity contribution in [3.63, 3.8) is 0 Å². The number of methoxy groups -OCH3 is 2. The highest BCUT2D eigenvalue weighted by atomic mass is 32.2. The molecule has 31 heavy (non-hydrogen) atoms. The number of hydrogen-bond acceptors (Lipinski definition) is 6. The molecule has 2 aromatic rings. The molecule has 8 nitrogen and oxygen atoms in total. The third-order valence-electron chi connectivity index (χ3n) is 5.29. The Bertz CT molecular complexity index is 1050. The maximum absolute atomic E-state index is 13.1. The van der Waals surface area contributed by atoms with Crippen LogP contribution in [0.1, 0.15) is 34.5 Å². The smallest absolute Gasteiger partial charge is 0.251 e. The Labute approximate surface area is 183 Å². The lowest BCUT2D eigenvalue weighted by Crippen LogP contribution is -2.41. The number of benzene rings is 2. The van der Waals surface area contributed by atoms with Gasteiger partial charge < -0.3 is 19.5 Å². The normalized spacial score (nSPS) is 15.9. The molecule has 3 rings (SSSR count). The van der Waals surface area contributed by atoms with Crippen LogP contribution in [0.15, 0.2) is 41.3 Å². The van der Waals surface area contributed by atoms with E-state index in [1.54, 1.807) is 51.5 Å². The summed E-state index contributed by atoms with van der Waals surface area (Å²) in [7, 11) is -0.587. The maximum Gasteiger partial charge on any atom is 0.251 e. The third-order valence-corrected chi connectivity index (χ3v) is 7.33. The highest BCUT2D eigenvalue weighted by Crippen LogP contribution is 2.29. The van der Waals surface area contributed by atoms with E-state index in [-0.39, 0.29) is 16.4 Å². The molecule has 168 valence electrons. The topological polar surface area (TPSA) is 94.2 Å². The molecule has 0 aliphatic carbocycles. The number of morpholine rings is 1. The van der Waals surface area contributed by atoms with Crippen molar-refractivity contribution >= 4 is 15.9 Å². The van der Waals surface area contributed by atoms with E-state index in [4.69, 9.17) is 14.2 Å². The first-order chi connectivity index (χ1) is 14.8. The molecule has 0 spiro atoms. The Morgan fingerprint density at radius 2 is 1.81 bits per heavy atom. The van der Waals surface area contributed by atoms with Crippen LogP contribution in [-0.2, 0) is 14.8 Å². The van der Waals surface area contributed by atoms with Gasteiger partial charge in [-0.3, -0.25) is 4.79 Å². The summed E-state index contributed by atoms with van der Waals surface area (Å²) in [6, 6.07) is 9.67. The average Bonchev–Trinajstić information content (AvgIpc) is 2.79. The van der Waals surface area contributed by atoms with Crippen LogP contribution in [0.5, 0.6) is 11.5 Å². The van der Waals surface area contributed by atoms with E-state index >= 15 is 0 Å². The van der Waals surface area contributed by atoms with Crippen LogP contribution in [0.25, 0.3) is 0 Å². The van der Waals surface area contributed by atoms with E-state index in [9.17, 15) is 13.2 Å². The van der Waals surface area contributed by atoms with Gasteiger partial charge in [0.15, 0.2) is 0 Å². The van der Waals surface area contributed by atoms with Gasteiger partial charge in [-0.2, -0.15) is 4.31 Å². The number of hydrogen-bond donors (Lipinski definition) is 1. The van der Waals surface area contributed by atoms with Crippen molar-refractivity contribution < 1.29 is 27.4 Å². The highest BCUT2D eigenvalue weighted by molar-refractivity contribution is 7.89. The number of nitrogens with zero attached hydrogens (tertiary/aromatic N) is 1. The van der Waals surface area contributed by atoms with Crippen LogP contribution >= 0.6 is 0 Å². The van der Waals surface area contributed by atoms with Crippen LogP contribution < -0.4 is 14.8 Å². The Kier molecular flexibility index (Phi) is 7.19. The van der Waals surface area contributed by atoms with Crippen molar-refractivity contribution in [2.24, 2.45) is 0 Å². The molecule has 1 fully saturated rings. The van der Waals surface area contributed by atoms with Crippen LogP contribution in [0.2, 0.25) is 0 Å². The number of aryl methyl sites for hydroxylation is 1. The zero-order chi connectivity index (χ0) is 22.6. The van der Waals surface area contributed by atoms with E-state index in [0.717, 1.165) is 5.56 Å². The van der Waals surface area contributed by atoms with Crippen LogP contribution in [0.4, 0.5) is 0 Å². The summed E-state index contributed by atoms with van der Waals surface area (Å²) in [5.74, 6) is 0.884. The summed E-state index contributed by atoms with van der Waals surface area (Å²) < 4.78 is 43.5. The molecule has 9 heteroatoms. The quantitative estimate of drug-likeness (QED) is 0.700. The molecule has 1 atom stereocenters. The van der Waals surface area contributed by atoms with Gasteiger partial charge in [0, 0.05) is 24.2 Å². The van der Waals surface area contributed by atoms with Gasteiger partial charge in [0.05, 0.1) is 38.4 Å². The minimum atomic E-state index is -3.71. The largest absolute Gasteiger partial charge is 0.497 e. The second-order valence-corrected chi connectivity index (χ2v) is 9.21. The Morgan fingerprint density at radius 3 is 2.45 bits per heavy atom. The second kappa shape index (κ2) is 9.67. The van der Waals surface area contributed by atoms with Crippen molar-refractivity contribution in [1.82, 2.24) is 9.62 Å². The van der Waals surface area contributed by atoms with Gasteiger partial charge in [0.2, 0.25) is 10.0 Å². The van der Waals surface area contributed by atoms with Crippen molar-refractivity contribution in [2.45, 2.75) is 24.8 Å². The Balaban J connectivity index is 1.85. The van der Waals surface area contributed by atoms with Gasteiger partial charge in [-0.05, 0) is 49.7 Å². The van der Waals surface area contributed by atoms with E-state index in [2.05, 4.69) is 5.32 Å². The lowest BCUT2D eigenvalue weighted by atomic mass is 10.1. The predicted octanol–water partition coefficient (Wildman–Crippen LogP) is 2.52. The van der Waals surface area contributed by atoms with Crippen LogP contribution in [-0.4, -0.2) is 59.2 Å². The van der Waals surface area contributed by atoms with Gasteiger partial charge in [0.1, 0.15) is 11.5 Å². The summed E-state index contributed by atoms with van der Waals surface area (Å²) in [5.41, 5.74) is 1.61. The zero-order valence-electron chi connectivity index (χ0n) is 18.2. The van der Waals surface area contributed by atoms with Crippen molar-refractivity contribution in [3.8, 4) is 11.5 Å². The molecule has 1 aliphatic heterocycles. The molecule has 0 radical (unpaired) electrons. The molecular weight excluding hydrogens is 420 g/mol. The zero-order valence-corrected chi connectivity index (χ0v) is 19.0. The number of rotatable bonds is 7. The van der Waals surface area contributed by atoms with Gasteiger partial charge >= 0.3 is 0 Å². The van der Waals surface area contributed by atoms with Crippen molar-refractivity contribution in [1.29, 1.82) is 0 Å². The molecule has 1 heterocycles. The number of amides is 1. The molecule has 1 amide bonds. The summed E-state index contributed by atoms with van der Waals surface area (Å²) in [5, 5.41) is 2.91. The molecule has 0 aromatic heterocycles. The van der Waals surface area contributed by atoms with E-state index in [1.807, 2.05) is 6.92 Å². The Hall–Kier alpha value is -2.62. The van der Waals surface area contributed by atoms with Crippen molar-refractivity contribution in [3.05, 3.63) is 53.1 Å². The lowest BCUT2D eigenvalue weighted by Gasteiger charge is -2.27. The lowest BCUT2D eigenvalue weighted by molar-refractivity contribution is 0.0730. The number of carbonyl (C=O) groups is 1. The first kappa shape index (κ1) is 23.1. The Morgan fingerprint density at radius 1 is 1.10 bits per heavy atom. The molecule has 0 bridgehead atoms. The number of nitrogens with one attached hydrogen (secondary N) is 1. The van der Waals surface area contributed by atoms with Crippen LogP contribution in [0, 0.1) is 6.92 Å². The molecule has 1 unspecified atom stereocenters. The number of sulfonamides is 1. The van der Waals surface area contributed by atoms with Gasteiger partial charge in [-0.15, -0.1) is 0 Å². The first-order valence-corrected chi connectivity index (χ1v) is 11.4. The highest BCUT2D eigenvalue weighted by Gasteiger charge is 2.28. The molecule has 1 aliphatic rings. The number of ether oxygens (including phenoxy) is 3. The summed E-state index contributed by atoms with van der Waals surface area (Å²) in [6.45, 7) is 4.86. The first-order valence-electron chi connectivity index (χ1n) is 9.99. The summed E-state index contributed by atoms with van der Waals surface area (Å²) in [6.07, 6.45) is 0. The second-order valence-electron chi connectivity index (χ2n) is 7.30. The molecule has 1 saturated heterocycles. The summed E-state index contributed by atoms with van der Waals surface area (Å²) >= 11 is 0. The summed E-state index contributed by atoms with van der Waals surface area (Å²) in [4.78, 5) is 13.1. The monoisotopic (exact) mass is 448 g/mol. The molecular formula is C22H28N2O6S. The third kappa shape index (κ3) is 5.00. The van der Waals surface area contributed by atoms with Crippen LogP contribution in [0.3, 0.4) is 0 Å². The SMILES string of the molecule is COc1ccc(OC)c(C(C)NC(=O)c2ccc(C)c(S(=O)(=O)N3CCOCC3)c2)c1. The standard InChI is InChI=1S/C22H28N2O6S/c1-15-5-6-17(13-21(15)31(26,27)24-9-11-30-12-10-24)22(25)23-16(2)19-14-18(28-3)7-8-20(19)29-4/h5-8,13-14,16H,9-12H2,1-4H3,(H,23,25).